The number of sulfonamides is 2. The number of nitrogens with one attached hydrogen (secondary N) is 1. The van der Waals surface area contributed by atoms with Crippen LogP contribution in [0.5, 0.6) is 0 Å². The first-order valence-electron chi connectivity index (χ1n) is 7.65. The summed E-state index contributed by atoms with van der Waals surface area (Å²) >= 11 is 0. The van der Waals surface area contributed by atoms with Gasteiger partial charge in [-0.3, -0.25) is 4.72 Å². The first-order valence-corrected chi connectivity index (χ1v) is 10.6. The van der Waals surface area contributed by atoms with Gasteiger partial charge in [0.25, 0.3) is 20.0 Å². The number of anilines is 1. The molecular formula is C17H16N4O4S2. The lowest BCUT2D eigenvalue weighted by molar-refractivity contribution is 0.597. The van der Waals surface area contributed by atoms with Gasteiger partial charge in [-0.2, -0.15) is 8.42 Å². The van der Waals surface area contributed by atoms with E-state index in [1.165, 1.54) is 30.3 Å². The second kappa shape index (κ2) is 6.89. The van der Waals surface area contributed by atoms with E-state index in [9.17, 15) is 16.8 Å². The lowest BCUT2D eigenvalue weighted by Gasteiger charge is -2.09. The molecule has 5 N–H and O–H groups in total. The van der Waals surface area contributed by atoms with Gasteiger partial charge in [0.2, 0.25) is 5.96 Å². The van der Waals surface area contributed by atoms with Crippen molar-refractivity contribution >= 4 is 42.5 Å². The van der Waals surface area contributed by atoms with E-state index >= 15 is 0 Å². The average Bonchev–Trinajstić information content (AvgIpc) is 2.60. The van der Waals surface area contributed by atoms with Crippen molar-refractivity contribution in [1.29, 1.82) is 0 Å². The molecule has 8 nitrogen and oxygen atoms in total. The number of nitrogens with two attached hydrogens (primary N) is 2. The molecule has 0 saturated heterocycles. The van der Waals surface area contributed by atoms with Crippen molar-refractivity contribution in [2.75, 3.05) is 4.72 Å². The zero-order valence-corrected chi connectivity index (χ0v) is 15.5. The molecule has 0 aliphatic heterocycles. The Hall–Kier alpha value is -3.11. The Labute approximate surface area is 156 Å². The second-order valence-electron chi connectivity index (χ2n) is 5.63. The van der Waals surface area contributed by atoms with Crippen LogP contribution in [0.2, 0.25) is 0 Å². The minimum atomic E-state index is -4.04. The predicted octanol–water partition coefficient (Wildman–Crippen LogP) is 1.60. The molecule has 0 aliphatic carbocycles. The highest BCUT2D eigenvalue weighted by Gasteiger charge is 2.17. The van der Waals surface area contributed by atoms with Gasteiger partial charge in [0.05, 0.1) is 9.79 Å². The van der Waals surface area contributed by atoms with Crippen molar-refractivity contribution in [3.63, 3.8) is 0 Å². The standard InChI is InChI=1S/C17H16N4O4S2/c18-17(19)21-26(22,23)15-9-6-14(7-10-15)20-27(24,25)16-8-5-12-3-1-2-4-13(12)11-16/h1-11,20H,(H4,18,19,21). The van der Waals surface area contributed by atoms with E-state index in [-0.39, 0.29) is 15.5 Å². The van der Waals surface area contributed by atoms with Gasteiger partial charge in [-0.15, -0.1) is 4.40 Å². The lowest BCUT2D eigenvalue weighted by Crippen LogP contribution is -2.24. The van der Waals surface area contributed by atoms with Crippen LogP contribution in [0.25, 0.3) is 10.8 Å². The number of hydrogen-bond donors (Lipinski definition) is 3. The van der Waals surface area contributed by atoms with Gasteiger partial charge in [0.1, 0.15) is 0 Å². The summed E-state index contributed by atoms with van der Waals surface area (Å²) < 4.78 is 54.6. The Bertz CT molecular complexity index is 1230. The smallest absolute Gasteiger partial charge is 0.285 e. The summed E-state index contributed by atoms with van der Waals surface area (Å²) in [7, 11) is -7.87. The Balaban J connectivity index is 1.88. The van der Waals surface area contributed by atoms with E-state index in [1.807, 2.05) is 24.3 Å². The molecular weight excluding hydrogens is 388 g/mol. The van der Waals surface area contributed by atoms with E-state index in [0.29, 0.717) is 0 Å². The molecule has 0 spiro atoms. The van der Waals surface area contributed by atoms with Gasteiger partial charge in [0, 0.05) is 5.69 Å². The van der Waals surface area contributed by atoms with E-state index in [4.69, 9.17) is 11.5 Å². The summed E-state index contributed by atoms with van der Waals surface area (Å²) in [6.45, 7) is 0. The fraction of sp³-hybridized carbons (Fsp3) is 0. The van der Waals surface area contributed by atoms with Crippen LogP contribution in [-0.2, 0) is 20.0 Å². The number of fused-ring (bicyclic) bond motifs is 1. The number of guanidine groups is 1. The van der Waals surface area contributed by atoms with Crippen LogP contribution in [0.4, 0.5) is 5.69 Å². The number of benzene rings is 3. The van der Waals surface area contributed by atoms with E-state index in [1.54, 1.807) is 12.1 Å². The van der Waals surface area contributed by atoms with Crippen molar-refractivity contribution in [3.05, 3.63) is 66.7 Å². The number of nitrogens with zero attached hydrogens (tertiary/aromatic N) is 1. The maximum atomic E-state index is 12.6. The fourth-order valence-electron chi connectivity index (χ4n) is 2.44. The molecule has 0 unspecified atom stereocenters. The van der Waals surface area contributed by atoms with Crippen molar-refractivity contribution in [1.82, 2.24) is 0 Å². The predicted molar refractivity (Wildman–Crippen MR) is 104 cm³/mol. The third-order valence-corrected chi connectivity index (χ3v) is 6.36. The molecule has 0 bridgehead atoms. The van der Waals surface area contributed by atoms with Crippen molar-refractivity contribution < 1.29 is 16.8 Å². The first kappa shape index (κ1) is 18.7. The maximum absolute atomic E-state index is 12.6. The Kier molecular flexibility index (Phi) is 4.77. The molecule has 0 saturated carbocycles. The Morgan fingerprint density at radius 3 is 2.00 bits per heavy atom. The van der Waals surface area contributed by atoms with Crippen LogP contribution in [0.15, 0.2) is 80.9 Å². The molecule has 3 aromatic rings. The minimum Gasteiger partial charge on any atom is -0.369 e. The SMILES string of the molecule is NC(N)=NS(=O)(=O)c1ccc(NS(=O)(=O)c2ccc3ccccc3c2)cc1. The van der Waals surface area contributed by atoms with Gasteiger partial charge in [-0.25, -0.2) is 8.42 Å². The Morgan fingerprint density at radius 1 is 0.778 bits per heavy atom. The van der Waals surface area contributed by atoms with Crippen molar-refractivity contribution in [3.8, 4) is 0 Å². The van der Waals surface area contributed by atoms with Crippen LogP contribution < -0.4 is 16.2 Å². The third kappa shape index (κ3) is 4.18. The van der Waals surface area contributed by atoms with Gasteiger partial charge in [-0.1, -0.05) is 30.3 Å². The lowest BCUT2D eigenvalue weighted by atomic mass is 10.1. The van der Waals surface area contributed by atoms with Gasteiger partial charge < -0.3 is 11.5 Å². The average molecular weight is 404 g/mol. The van der Waals surface area contributed by atoms with Gasteiger partial charge in [0.15, 0.2) is 0 Å². The zero-order chi connectivity index (χ0) is 19.7. The van der Waals surface area contributed by atoms with E-state index in [2.05, 4.69) is 9.12 Å². The Morgan fingerprint density at radius 2 is 1.37 bits per heavy atom. The molecule has 140 valence electrons. The van der Waals surface area contributed by atoms with Crippen LogP contribution in [0.1, 0.15) is 0 Å². The maximum Gasteiger partial charge on any atom is 0.285 e. The van der Waals surface area contributed by atoms with Crippen LogP contribution >= 0.6 is 0 Å². The molecule has 3 rings (SSSR count). The van der Waals surface area contributed by atoms with Crippen LogP contribution in [0, 0.1) is 0 Å². The molecule has 0 heterocycles. The largest absolute Gasteiger partial charge is 0.369 e. The van der Waals surface area contributed by atoms with Gasteiger partial charge in [-0.05, 0) is 47.2 Å². The highest BCUT2D eigenvalue weighted by molar-refractivity contribution is 7.92. The van der Waals surface area contributed by atoms with Crippen LogP contribution in [-0.4, -0.2) is 22.8 Å². The third-order valence-electron chi connectivity index (χ3n) is 3.66. The van der Waals surface area contributed by atoms with Crippen molar-refractivity contribution in [2.45, 2.75) is 9.79 Å². The summed E-state index contributed by atoms with van der Waals surface area (Å²) in [6, 6.07) is 17.2. The summed E-state index contributed by atoms with van der Waals surface area (Å²) in [5.74, 6) is -0.587. The molecule has 27 heavy (non-hydrogen) atoms. The number of hydrogen-bond acceptors (Lipinski definition) is 4. The fourth-order valence-corrected chi connectivity index (χ4v) is 4.39. The molecule has 0 amide bonds. The summed E-state index contributed by atoms with van der Waals surface area (Å²) in [5.41, 5.74) is 10.4. The van der Waals surface area contributed by atoms with Crippen molar-refractivity contribution in [2.24, 2.45) is 15.9 Å². The topological polar surface area (TPSA) is 145 Å². The highest BCUT2D eigenvalue weighted by Crippen LogP contribution is 2.22. The highest BCUT2D eigenvalue weighted by atomic mass is 32.2. The second-order valence-corrected chi connectivity index (χ2v) is 8.92. The van der Waals surface area contributed by atoms with Crippen LogP contribution in [0.3, 0.4) is 0 Å². The molecule has 0 radical (unpaired) electrons. The van der Waals surface area contributed by atoms with Gasteiger partial charge >= 0.3 is 0 Å². The molecule has 10 heteroatoms. The normalized spacial score (nSPS) is 11.9. The number of rotatable bonds is 5. The van der Waals surface area contributed by atoms with E-state index < -0.39 is 26.0 Å². The van der Waals surface area contributed by atoms with E-state index in [0.717, 1.165) is 10.8 Å². The zero-order valence-electron chi connectivity index (χ0n) is 13.9. The molecule has 0 fully saturated rings. The summed E-state index contributed by atoms with van der Waals surface area (Å²) in [6.07, 6.45) is 0. The molecule has 0 aromatic heterocycles. The minimum absolute atomic E-state index is 0.0957. The summed E-state index contributed by atoms with van der Waals surface area (Å²) in [4.78, 5) is -0.0667. The molecule has 0 atom stereocenters. The summed E-state index contributed by atoms with van der Waals surface area (Å²) in [5, 5.41) is 1.71. The molecule has 0 aliphatic rings. The first-order chi connectivity index (χ1) is 12.7. The quantitative estimate of drug-likeness (QED) is 0.435. The monoisotopic (exact) mass is 404 g/mol. The molecule has 3 aromatic carbocycles.